The summed E-state index contributed by atoms with van der Waals surface area (Å²) in [5, 5.41) is 15.5. The Morgan fingerprint density at radius 1 is 1.44 bits per heavy atom. The number of anilines is 1. The Balaban J connectivity index is 2.07. The monoisotopic (exact) mass is 416 g/mol. The number of hydrogen-bond donors (Lipinski definition) is 4. The minimum absolute atomic E-state index is 0.155. The molecule has 0 bridgehead atoms. The molecule has 1 saturated heterocycles. The first-order valence-corrected chi connectivity index (χ1v) is 9.05. The van der Waals surface area contributed by atoms with Gasteiger partial charge in [-0.15, -0.1) is 22.9 Å². The minimum atomic E-state index is -0.833. The molecule has 11 nitrogen and oxygen atoms in total. The van der Waals surface area contributed by atoms with E-state index in [0.29, 0.717) is 0 Å². The number of oxime groups is 1. The molecule has 27 heavy (non-hydrogen) atoms. The number of carbonyl (C=O) groups excluding carboxylic acids is 4. The van der Waals surface area contributed by atoms with Crippen molar-refractivity contribution in [3.05, 3.63) is 11.1 Å². The zero-order chi connectivity index (χ0) is 20.0. The molecule has 0 spiro atoms. The molecule has 2 heterocycles. The summed E-state index contributed by atoms with van der Waals surface area (Å²) < 4.78 is 0. The van der Waals surface area contributed by atoms with Crippen molar-refractivity contribution in [1.82, 2.24) is 20.9 Å². The van der Waals surface area contributed by atoms with Crippen LogP contribution in [0.15, 0.2) is 10.5 Å². The molecule has 2 atom stereocenters. The highest BCUT2D eigenvalue weighted by atomic mass is 35.5. The molecule has 1 aliphatic rings. The summed E-state index contributed by atoms with van der Waals surface area (Å²) in [6.07, 6.45) is 0. The van der Waals surface area contributed by atoms with Gasteiger partial charge in [0.2, 0.25) is 17.7 Å². The quantitative estimate of drug-likeness (QED) is 0.181. The van der Waals surface area contributed by atoms with Gasteiger partial charge in [0, 0.05) is 18.8 Å². The molecule has 0 saturated carbocycles. The van der Waals surface area contributed by atoms with Crippen LogP contribution in [0.3, 0.4) is 0 Å². The van der Waals surface area contributed by atoms with Crippen LogP contribution < -0.4 is 21.3 Å². The van der Waals surface area contributed by atoms with E-state index in [1.807, 2.05) is 0 Å². The van der Waals surface area contributed by atoms with Gasteiger partial charge >= 0.3 is 0 Å². The predicted molar refractivity (Wildman–Crippen MR) is 97.6 cm³/mol. The lowest BCUT2D eigenvalue weighted by Gasteiger charge is -2.37. The molecule has 1 aromatic rings. The number of thiazole rings is 1. The van der Waals surface area contributed by atoms with E-state index in [2.05, 4.69) is 36.2 Å². The fourth-order valence-electron chi connectivity index (χ4n) is 2.13. The number of alkyl halides is 1. The second-order valence-electron chi connectivity index (χ2n) is 5.35. The van der Waals surface area contributed by atoms with Crippen molar-refractivity contribution in [2.45, 2.75) is 19.0 Å². The van der Waals surface area contributed by atoms with E-state index in [9.17, 15) is 19.2 Å². The highest BCUT2D eigenvalue weighted by Crippen LogP contribution is 2.17. The van der Waals surface area contributed by atoms with Gasteiger partial charge < -0.3 is 26.1 Å². The van der Waals surface area contributed by atoms with E-state index in [1.54, 1.807) is 0 Å². The van der Waals surface area contributed by atoms with Crippen molar-refractivity contribution >= 4 is 57.4 Å². The Morgan fingerprint density at radius 2 is 2.19 bits per heavy atom. The SMILES string of the molecule is CON=C(C(=O)N[C@@H]1C(=O)N[C@@H]1CNC(C)=O)c1csc(NC(=O)CCl)n1. The smallest absolute Gasteiger partial charge is 0.276 e. The number of amides is 4. The summed E-state index contributed by atoms with van der Waals surface area (Å²) in [5.41, 5.74) is -0.0135. The van der Waals surface area contributed by atoms with Crippen LogP contribution in [-0.2, 0) is 24.0 Å². The van der Waals surface area contributed by atoms with E-state index in [1.165, 1.54) is 19.4 Å². The van der Waals surface area contributed by atoms with Gasteiger partial charge in [-0.3, -0.25) is 19.2 Å². The topological polar surface area (TPSA) is 151 Å². The first-order chi connectivity index (χ1) is 12.8. The summed E-state index contributed by atoms with van der Waals surface area (Å²) in [6.45, 7) is 1.52. The van der Waals surface area contributed by atoms with Crippen LogP contribution in [0.5, 0.6) is 0 Å². The molecule has 2 rings (SSSR count). The Labute approximate surface area is 162 Å². The third-order valence-corrected chi connectivity index (χ3v) is 4.38. The standard InChI is InChI=1S/C14H17ClN6O5S/c1-6(22)16-4-7-10(12(24)17-7)20-13(25)11(21-26-2)8-5-27-14(18-8)19-9(23)3-15/h5,7,10H,3-4H2,1-2H3,(H,16,22)(H,17,24)(H,20,25)(H,18,19,23)/t7-,10+/m1/s1. The molecule has 1 aliphatic heterocycles. The van der Waals surface area contributed by atoms with Gasteiger partial charge in [-0.2, -0.15) is 0 Å². The fourth-order valence-corrected chi connectivity index (χ4v) is 2.91. The second kappa shape index (κ2) is 9.28. The van der Waals surface area contributed by atoms with E-state index < -0.39 is 23.9 Å². The zero-order valence-electron chi connectivity index (χ0n) is 14.4. The van der Waals surface area contributed by atoms with Crippen LogP contribution in [0, 0.1) is 0 Å². The Morgan fingerprint density at radius 3 is 2.78 bits per heavy atom. The third kappa shape index (κ3) is 5.37. The summed E-state index contributed by atoms with van der Waals surface area (Å²) >= 11 is 6.49. The maximum atomic E-state index is 12.5. The lowest BCUT2D eigenvalue weighted by atomic mass is 9.98. The van der Waals surface area contributed by atoms with Crippen molar-refractivity contribution < 1.29 is 24.0 Å². The Hall–Kier alpha value is -2.73. The van der Waals surface area contributed by atoms with Crippen LogP contribution in [-0.4, -0.2) is 65.9 Å². The summed E-state index contributed by atoms with van der Waals surface area (Å²) in [6, 6.07) is -1.27. The molecule has 0 unspecified atom stereocenters. The van der Waals surface area contributed by atoms with Gasteiger partial charge in [-0.25, -0.2) is 4.98 Å². The molecule has 0 aliphatic carbocycles. The normalized spacial score (nSPS) is 18.8. The third-order valence-electron chi connectivity index (χ3n) is 3.38. The number of aromatic nitrogens is 1. The first-order valence-electron chi connectivity index (χ1n) is 7.64. The highest BCUT2D eigenvalue weighted by Gasteiger charge is 2.41. The van der Waals surface area contributed by atoms with E-state index in [0.717, 1.165) is 11.3 Å². The van der Waals surface area contributed by atoms with Crippen LogP contribution in [0.25, 0.3) is 0 Å². The van der Waals surface area contributed by atoms with Gasteiger partial charge in [-0.1, -0.05) is 5.16 Å². The molecule has 13 heteroatoms. The molecule has 0 radical (unpaired) electrons. The van der Waals surface area contributed by atoms with E-state index in [-0.39, 0.29) is 40.8 Å². The Bertz CT molecular complexity index is 782. The van der Waals surface area contributed by atoms with Crippen LogP contribution in [0.4, 0.5) is 5.13 Å². The Kier molecular flexibility index (Phi) is 7.07. The maximum Gasteiger partial charge on any atom is 0.276 e. The molecule has 4 N–H and O–H groups in total. The van der Waals surface area contributed by atoms with Gasteiger partial charge in [-0.05, 0) is 0 Å². The van der Waals surface area contributed by atoms with Crippen molar-refractivity contribution in [2.24, 2.45) is 5.16 Å². The second-order valence-corrected chi connectivity index (χ2v) is 6.47. The molecular formula is C14H17ClN6O5S. The zero-order valence-corrected chi connectivity index (χ0v) is 15.9. The van der Waals surface area contributed by atoms with E-state index in [4.69, 9.17) is 11.6 Å². The van der Waals surface area contributed by atoms with Crippen molar-refractivity contribution in [3.63, 3.8) is 0 Å². The number of rotatable bonds is 8. The molecule has 0 aromatic carbocycles. The maximum absolute atomic E-state index is 12.5. The van der Waals surface area contributed by atoms with Crippen LogP contribution in [0.1, 0.15) is 12.6 Å². The molecular weight excluding hydrogens is 400 g/mol. The number of nitrogens with one attached hydrogen (secondary N) is 4. The van der Waals surface area contributed by atoms with Gasteiger partial charge in [0.1, 0.15) is 24.7 Å². The predicted octanol–water partition coefficient (Wildman–Crippen LogP) is -1.21. The largest absolute Gasteiger partial charge is 0.398 e. The van der Waals surface area contributed by atoms with E-state index >= 15 is 0 Å². The van der Waals surface area contributed by atoms with Crippen molar-refractivity contribution in [2.75, 3.05) is 24.9 Å². The lowest BCUT2D eigenvalue weighted by molar-refractivity contribution is -0.135. The summed E-state index contributed by atoms with van der Waals surface area (Å²) in [4.78, 5) is 55.3. The fraction of sp³-hybridized carbons (Fsp3) is 0.429. The number of β-lactam (4-membered cyclic amide) rings is 1. The highest BCUT2D eigenvalue weighted by molar-refractivity contribution is 7.14. The van der Waals surface area contributed by atoms with Gasteiger partial charge in [0.15, 0.2) is 10.8 Å². The molecule has 1 fully saturated rings. The number of hydrogen-bond acceptors (Lipinski definition) is 8. The van der Waals surface area contributed by atoms with Crippen LogP contribution in [0.2, 0.25) is 0 Å². The number of halogens is 1. The van der Waals surface area contributed by atoms with Crippen LogP contribution >= 0.6 is 22.9 Å². The molecule has 146 valence electrons. The molecule has 4 amide bonds. The van der Waals surface area contributed by atoms with Gasteiger partial charge in [0.25, 0.3) is 5.91 Å². The van der Waals surface area contributed by atoms with Gasteiger partial charge in [0.05, 0.1) is 6.04 Å². The lowest BCUT2D eigenvalue weighted by Crippen LogP contribution is -2.72. The summed E-state index contributed by atoms with van der Waals surface area (Å²) in [7, 11) is 1.26. The number of nitrogens with zero attached hydrogens (tertiary/aromatic N) is 2. The summed E-state index contributed by atoms with van der Waals surface area (Å²) in [5.74, 6) is -2.01. The van der Waals surface area contributed by atoms with Crippen molar-refractivity contribution in [1.29, 1.82) is 0 Å². The minimum Gasteiger partial charge on any atom is -0.398 e. The number of carbonyl (C=O) groups is 4. The first kappa shape index (κ1) is 20.6. The van der Waals surface area contributed by atoms with Crippen molar-refractivity contribution in [3.8, 4) is 0 Å². The average molecular weight is 417 g/mol. The molecule has 1 aromatic heterocycles. The average Bonchev–Trinajstić information content (AvgIpc) is 3.08.